The van der Waals surface area contributed by atoms with Crippen LogP contribution in [-0.4, -0.2) is 18.6 Å². The molecule has 1 fully saturated rings. The van der Waals surface area contributed by atoms with Crippen molar-refractivity contribution in [3.8, 4) is 5.75 Å². The van der Waals surface area contributed by atoms with Gasteiger partial charge in [0.05, 0.1) is 12.6 Å². The van der Waals surface area contributed by atoms with Crippen LogP contribution in [-0.2, 0) is 4.79 Å². The molecule has 0 saturated heterocycles. The van der Waals surface area contributed by atoms with Gasteiger partial charge in [-0.1, -0.05) is 18.9 Å². The molecule has 1 aromatic rings. The third-order valence-corrected chi connectivity index (χ3v) is 3.28. The first kappa shape index (κ1) is 11.9. The Kier molecular flexibility index (Phi) is 3.33. The van der Waals surface area contributed by atoms with Gasteiger partial charge in [0.2, 0.25) is 5.91 Å². The monoisotopic (exact) mass is 234 g/mol. The number of benzene rings is 1. The van der Waals surface area contributed by atoms with Crippen molar-refractivity contribution in [3.63, 3.8) is 0 Å². The van der Waals surface area contributed by atoms with E-state index in [9.17, 15) is 4.79 Å². The molecule has 0 aliphatic heterocycles. The summed E-state index contributed by atoms with van der Waals surface area (Å²) in [4.78, 5) is 12.1. The first-order chi connectivity index (χ1) is 8.14. The Morgan fingerprint density at radius 3 is 2.76 bits per heavy atom. The van der Waals surface area contributed by atoms with E-state index < -0.39 is 5.54 Å². The summed E-state index contributed by atoms with van der Waals surface area (Å²) < 4.78 is 5.10. The maximum atomic E-state index is 12.1. The molecule has 92 valence electrons. The van der Waals surface area contributed by atoms with E-state index in [1.165, 1.54) is 0 Å². The average molecular weight is 234 g/mol. The first-order valence-corrected chi connectivity index (χ1v) is 5.88. The fourth-order valence-corrected chi connectivity index (χ4v) is 2.19. The summed E-state index contributed by atoms with van der Waals surface area (Å²) in [5.41, 5.74) is 6.11. The number of hydrogen-bond donors (Lipinski definition) is 2. The first-order valence-electron chi connectivity index (χ1n) is 5.88. The van der Waals surface area contributed by atoms with E-state index in [1.54, 1.807) is 13.2 Å². The van der Waals surface area contributed by atoms with E-state index in [0.29, 0.717) is 0 Å². The molecule has 3 N–H and O–H groups in total. The van der Waals surface area contributed by atoms with Crippen molar-refractivity contribution < 1.29 is 9.53 Å². The summed E-state index contributed by atoms with van der Waals surface area (Å²) in [6.07, 6.45) is 3.59. The highest BCUT2D eigenvalue weighted by Crippen LogP contribution is 2.28. The zero-order valence-electron chi connectivity index (χ0n) is 10.0. The number of ether oxygens (including phenoxy) is 1. The summed E-state index contributed by atoms with van der Waals surface area (Å²) >= 11 is 0. The number of methoxy groups -OCH3 is 1. The number of carbonyl (C=O) groups is 1. The zero-order valence-corrected chi connectivity index (χ0v) is 10.0. The number of nitrogens with two attached hydrogens (primary N) is 1. The Morgan fingerprint density at radius 1 is 1.41 bits per heavy atom. The molecule has 4 nitrogen and oxygen atoms in total. The molecule has 0 heterocycles. The molecule has 1 aliphatic rings. The van der Waals surface area contributed by atoms with Crippen LogP contribution in [0.5, 0.6) is 5.75 Å². The Morgan fingerprint density at radius 2 is 2.12 bits per heavy atom. The van der Waals surface area contributed by atoms with Crippen molar-refractivity contribution in [2.24, 2.45) is 5.73 Å². The molecule has 0 unspecified atom stereocenters. The molecular formula is C13H18N2O2. The molecule has 4 heteroatoms. The van der Waals surface area contributed by atoms with Crippen LogP contribution < -0.4 is 15.8 Å². The zero-order chi connectivity index (χ0) is 12.3. The van der Waals surface area contributed by atoms with Crippen molar-refractivity contribution in [2.75, 3.05) is 12.4 Å². The van der Waals surface area contributed by atoms with Gasteiger partial charge in [-0.2, -0.15) is 0 Å². The van der Waals surface area contributed by atoms with Crippen LogP contribution in [0.1, 0.15) is 25.7 Å². The third kappa shape index (κ3) is 2.58. The summed E-state index contributed by atoms with van der Waals surface area (Å²) in [5.74, 6) is 0.628. The van der Waals surface area contributed by atoms with Gasteiger partial charge < -0.3 is 15.8 Å². The van der Waals surface area contributed by atoms with Crippen molar-refractivity contribution in [1.29, 1.82) is 0 Å². The Labute approximate surface area is 101 Å². The largest absolute Gasteiger partial charge is 0.497 e. The van der Waals surface area contributed by atoms with Crippen molar-refractivity contribution in [3.05, 3.63) is 24.3 Å². The molecule has 1 aliphatic carbocycles. The summed E-state index contributed by atoms with van der Waals surface area (Å²) in [7, 11) is 1.60. The number of anilines is 1. The lowest BCUT2D eigenvalue weighted by Gasteiger charge is -2.22. The predicted octanol–water partition coefficient (Wildman–Crippen LogP) is 1.91. The second-order valence-corrected chi connectivity index (χ2v) is 4.55. The smallest absolute Gasteiger partial charge is 0.244 e. The Hall–Kier alpha value is -1.55. The van der Waals surface area contributed by atoms with Crippen LogP contribution in [0.2, 0.25) is 0 Å². The number of rotatable bonds is 3. The number of nitrogens with one attached hydrogen (secondary N) is 1. The lowest BCUT2D eigenvalue weighted by Crippen LogP contribution is -2.48. The van der Waals surface area contributed by atoms with E-state index >= 15 is 0 Å². The number of carbonyl (C=O) groups excluding carboxylic acids is 1. The standard InChI is InChI=1S/C13H18N2O2/c1-17-11-6-4-5-10(9-11)15-12(16)13(14)7-2-3-8-13/h4-6,9H,2-3,7-8,14H2,1H3,(H,15,16). The Bertz CT molecular complexity index is 412. The summed E-state index contributed by atoms with van der Waals surface area (Å²) in [6.45, 7) is 0. The van der Waals surface area contributed by atoms with E-state index in [2.05, 4.69) is 5.32 Å². The van der Waals surface area contributed by atoms with Crippen molar-refractivity contribution in [1.82, 2.24) is 0 Å². The van der Waals surface area contributed by atoms with E-state index in [1.807, 2.05) is 18.2 Å². The van der Waals surface area contributed by atoms with Gasteiger partial charge in [-0.3, -0.25) is 4.79 Å². The molecule has 2 rings (SSSR count). The van der Waals surface area contributed by atoms with Gasteiger partial charge in [0.15, 0.2) is 0 Å². The van der Waals surface area contributed by atoms with Crippen LogP contribution in [0.4, 0.5) is 5.69 Å². The maximum absolute atomic E-state index is 12.1. The fourth-order valence-electron chi connectivity index (χ4n) is 2.19. The number of amides is 1. The van der Waals surface area contributed by atoms with Gasteiger partial charge in [-0.25, -0.2) is 0 Å². The predicted molar refractivity (Wildman–Crippen MR) is 67.0 cm³/mol. The molecule has 17 heavy (non-hydrogen) atoms. The molecule has 0 bridgehead atoms. The minimum absolute atomic E-state index is 0.0942. The van der Waals surface area contributed by atoms with E-state index in [4.69, 9.17) is 10.5 Å². The molecule has 0 spiro atoms. The molecule has 0 radical (unpaired) electrons. The van der Waals surface area contributed by atoms with E-state index in [-0.39, 0.29) is 5.91 Å². The van der Waals surface area contributed by atoms with Crippen LogP contribution in [0, 0.1) is 0 Å². The summed E-state index contributed by atoms with van der Waals surface area (Å²) in [6, 6.07) is 7.30. The van der Waals surface area contributed by atoms with Crippen molar-refractivity contribution >= 4 is 11.6 Å². The highest BCUT2D eigenvalue weighted by atomic mass is 16.5. The topological polar surface area (TPSA) is 64.3 Å². The van der Waals surface area contributed by atoms with Gasteiger partial charge in [-0.05, 0) is 25.0 Å². The van der Waals surface area contributed by atoms with Crippen LogP contribution in [0.25, 0.3) is 0 Å². The van der Waals surface area contributed by atoms with Crippen molar-refractivity contribution in [2.45, 2.75) is 31.2 Å². The molecule has 0 atom stereocenters. The minimum atomic E-state index is -0.691. The van der Waals surface area contributed by atoms with Gasteiger partial charge in [0, 0.05) is 11.8 Å². The summed E-state index contributed by atoms with van der Waals surface area (Å²) in [5, 5.41) is 2.86. The highest BCUT2D eigenvalue weighted by Gasteiger charge is 2.36. The van der Waals surface area contributed by atoms with Crippen LogP contribution >= 0.6 is 0 Å². The SMILES string of the molecule is COc1cccc(NC(=O)C2(N)CCCC2)c1. The quantitative estimate of drug-likeness (QED) is 0.839. The van der Waals surface area contributed by atoms with Gasteiger partial charge in [-0.15, -0.1) is 0 Å². The van der Waals surface area contributed by atoms with Gasteiger partial charge in [0.25, 0.3) is 0 Å². The third-order valence-electron chi connectivity index (χ3n) is 3.28. The molecular weight excluding hydrogens is 216 g/mol. The molecule has 1 saturated carbocycles. The second kappa shape index (κ2) is 4.75. The molecule has 1 amide bonds. The van der Waals surface area contributed by atoms with E-state index in [0.717, 1.165) is 37.1 Å². The van der Waals surface area contributed by atoms with Crippen LogP contribution in [0.15, 0.2) is 24.3 Å². The normalized spacial score (nSPS) is 17.8. The van der Waals surface area contributed by atoms with Crippen LogP contribution in [0.3, 0.4) is 0 Å². The van der Waals surface area contributed by atoms with Gasteiger partial charge in [0.1, 0.15) is 5.75 Å². The molecule has 0 aromatic heterocycles. The second-order valence-electron chi connectivity index (χ2n) is 4.55. The fraction of sp³-hybridized carbons (Fsp3) is 0.462. The number of hydrogen-bond acceptors (Lipinski definition) is 3. The lowest BCUT2D eigenvalue weighted by molar-refractivity contribution is -0.121. The maximum Gasteiger partial charge on any atom is 0.244 e. The lowest BCUT2D eigenvalue weighted by atomic mass is 9.98. The molecule has 1 aromatic carbocycles. The Balaban J connectivity index is 2.07. The minimum Gasteiger partial charge on any atom is -0.497 e. The average Bonchev–Trinajstić information content (AvgIpc) is 2.78. The highest BCUT2D eigenvalue weighted by molar-refractivity contribution is 5.98. The van der Waals surface area contributed by atoms with Gasteiger partial charge >= 0.3 is 0 Å².